The van der Waals surface area contributed by atoms with Crippen LogP contribution in [0.3, 0.4) is 0 Å². The summed E-state index contributed by atoms with van der Waals surface area (Å²) < 4.78 is 4.58. The van der Waals surface area contributed by atoms with Crippen molar-refractivity contribution in [2.75, 3.05) is 18.5 Å². The third-order valence-corrected chi connectivity index (χ3v) is 2.02. The number of carbonyl (C=O) groups is 2. The van der Waals surface area contributed by atoms with Crippen molar-refractivity contribution >= 4 is 40.9 Å². The van der Waals surface area contributed by atoms with Gasteiger partial charge in [0.1, 0.15) is 13.2 Å². The molecule has 1 aromatic rings. The number of pyridine rings is 1. The minimum absolute atomic E-state index is 0.139. The second-order valence-electron chi connectivity index (χ2n) is 2.92. The summed E-state index contributed by atoms with van der Waals surface area (Å²) in [4.78, 5) is 25.2. The van der Waals surface area contributed by atoms with Crippen LogP contribution in [0.4, 0.5) is 5.82 Å². The smallest absolute Gasteiger partial charge is 0.329 e. The van der Waals surface area contributed by atoms with E-state index in [9.17, 15) is 9.59 Å². The number of carboxylic acids is 1. The number of aliphatic carboxylic acids is 1. The second kappa shape index (κ2) is 6.39. The second-order valence-corrected chi connectivity index (χ2v) is 3.76. The monoisotopic (exact) mass is 278 g/mol. The van der Waals surface area contributed by atoms with Gasteiger partial charge in [-0.3, -0.25) is 4.79 Å². The van der Waals surface area contributed by atoms with Gasteiger partial charge in [-0.1, -0.05) is 23.2 Å². The number of halogens is 2. The quantitative estimate of drug-likeness (QED) is 0.851. The first-order valence-corrected chi connectivity index (χ1v) is 5.15. The molecule has 1 amide bonds. The molecule has 0 spiro atoms. The number of anilines is 1. The summed E-state index contributed by atoms with van der Waals surface area (Å²) in [6, 6.07) is 1.42. The van der Waals surface area contributed by atoms with Crippen molar-refractivity contribution in [3.63, 3.8) is 0 Å². The zero-order valence-electron chi connectivity index (χ0n) is 8.44. The summed E-state index contributed by atoms with van der Waals surface area (Å²) in [5.74, 6) is -1.57. The molecule has 0 saturated heterocycles. The van der Waals surface area contributed by atoms with Gasteiger partial charge in [-0.15, -0.1) is 0 Å². The van der Waals surface area contributed by atoms with E-state index >= 15 is 0 Å². The van der Waals surface area contributed by atoms with Crippen LogP contribution >= 0.6 is 23.2 Å². The van der Waals surface area contributed by atoms with Crippen molar-refractivity contribution in [3.8, 4) is 0 Å². The number of ether oxygens (including phenoxy) is 1. The van der Waals surface area contributed by atoms with Crippen LogP contribution < -0.4 is 5.32 Å². The number of nitrogens with one attached hydrogen (secondary N) is 1. The van der Waals surface area contributed by atoms with Crippen LogP contribution in [0.1, 0.15) is 0 Å². The van der Waals surface area contributed by atoms with Crippen molar-refractivity contribution in [1.82, 2.24) is 4.98 Å². The molecule has 0 unspecified atom stereocenters. The van der Waals surface area contributed by atoms with Crippen LogP contribution in [0.5, 0.6) is 0 Å². The lowest BCUT2D eigenvalue weighted by Crippen LogP contribution is -2.21. The molecule has 0 aliphatic carbocycles. The van der Waals surface area contributed by atoms with Crippen molar-refractivity contribution < 1.29 is 19.4 Å². The lowest BCUT2D eigenvalue weighted by Gasteiger charge is -2.06. The van der Waals surface area contributed by atoms with Crippen LogP contribution in [0.15, 0.2) is 12.3 Å². The highest BCUT2D eigenvalue weighted by Gasteiger charge is 2.08. The molecule has 0 radical (unpaired) electrons. The zero-order chi connectivity index (χ0) is 12.8. The van der Waals surface area contributed by atoms with Gasteiger partial charge in [0.05, 0.1) is 10.0 Å². The van der Waals surface area contributed by atoms with Gasteiger partial charge in [0.15, 0.2) is 5.82 Å². The standard InChI is InChI=1S/C9H8Cl2N2O4/c10-5-1-6(11)9(12-2-5)13-7(14)3-17-4-8(15)16/h1-2H,3-4H2,(H,15,16)(H,12,13,14). The van der Waals surface area contributed by atoms with Gasteiger partial charge >= 0.3 is 5.97 Å². The molecule has 8 heteroatoms. The number of rotatable bonds is 5. The Morgan fingerprint density at radius 1 is 1.41 bits per heavy atom. The lowest BCUT2D eigenvalue weighted by molar-refractivity contribution is -0.143. The third-order valence-electron chi connectivity index (χ3n) is 1.52. The van der Waals surface area contributed by atoms with Gasteiger partial charge in [0.25, 0.3) is 5.91 Å². The Kier molecular flexibility index (Phi) is 5.14. The molecule has 92 valence electrons. The van der Waals surface area contributed by atoms with E-state index in [1.165, 1.54) is 12.3 Å². The molecule has 6 nitrogen and oxygen atoms in total. The fraction of sp³-hybridized carbons (Fsp3) is 0.222. The van der Waals surface area contributed by atoms with E-state index in [0.717, 1.165) is 0 Å². The van der Waals surface area contributed by atoms with E-state index in [0.29, 0.717) is 5.02 Å². The molecular formula is C9H8Cl2N2O4. The SMILES string of the molecule is O=C(O)COCC(=O)Nc1ncc(Cl)cc1Cl. The van der Waals surface area contributed by atoms with E-state index in [1.54, 1.807) is 0 Å². The molecule has 1 rings (SSSR count). The Balaban J connectivity index is 2.48. The lowest BCUT2D eigenvalue weighted by atomic mass is 10.4. The van der Waals surface area contributed by atoms with Crippen LogP contribution in [0, 0.1) is 0 Å². The maximum Gasteiger partial charge on any atom is 0.329 e. The fourth-order valence-corrected chi connectivity index (χ4v) is 1.33. The number of hydrogen-bond donors (Lipinski definition) is 2. The summed E-state index contributed by atoms with van der Waals surface area (Å²) in [6.45, 7) is -0.942. The summed E-state index contributed by atoms with van der Waals surface area (Å²) in [6.07, 6.45) is 1.32. The first-order chi connectivity index (χ1) is 7.99. The molecular weight excluding hydrogens is 271 g/mol. The number of aromatic nitrogens is 1. The first kappa shape index (κ1) is 13.7. The van der Waals surface area contributed by atoms with Gasteiger partial charge in [0, 0.05) is 6.20 Å². The Labute approximate surface area is 106 Å². The van der Waals surface area contributed by atoms with Crippen molar-refractivity contribution in [2.45, 2.75) is 0 Å². The fourth-order valence-electron chi connectivity index (χ4n) is 0.906. The Hall–Kier alpha value is -1.37. The number of nitrogens with zero attached hydrogens (tertiary/aromatic N) is 1. The summed E-state index contributed by atoms with van der Waals surface area (Å²) in [7, 11) is 0. The van der Waals surface area contributed by atoms with Gasteiger partial charge in [0.2, 0.25) is 0 Å². The molecule has 1 aromatic heterocycles. The predicted molar refractivity (Wildman–Crippen MR) is 61.3 cm³/mol. The Bertz CT molecular complexity index is 439. The minimum atomic E-state index is -1.15. The largest absolute Gasteiger partial charge is 0.480 e. The number of carbonyl (C=O) groups excluding carboxylic acids is 1. The topological polar surface area (TPSA) is 88.5 Å². The van der Waals surface area contributed by atoms with E-state index in [1.807, 2.05) is 0 Å². The third kappa shape index (κ3) is 4.99. The minimum Gasteiger partial charge on any atom is -0.480 e. The molecule has 0 aromatic carbocycles. The van der Waals surface area contributed by atoms with Crippen LogP contribution in [0.2, 0.25) is 10.0 Å². The summed E-state index contributed by atoms with van der Waals surface area (Å²) in [5, 5.41) is 11.2. The summed E-state index contributed by atoms with van der Waals surface area (Å²) >= 11 is 11.4. The Morgan fingerprint density at radius 3 is 2.71 bits per heavy atom. The van der Waals surface area contributed by atoms with Gasteiger partial charge in [-0.2, -0.15) is 0 Å². The highest BCUT2D eigenvalue weighted by atomic mass is 35.5. The molecule has 0 bridgehead atoms. The predicted octanol–water partition coefficient (Wildman–Crippen LogP) is 1.43. The average Bonchev–Trinajstić information content (AvgIpc) is 2.21. The maximum atomic E-state index is 11.3. The molecule has 0 atom stereocenters. The van der Waals surface area contributed by atoms with Gasteiger partial charge in [-0.25, -0.2) is 9.78 Å². The van der Waals surface area contributed by atoms with Gasteiger partial charge in [-0.05, 0) is 6.07 Å². The molecule has 1 heterocycles. The molecule has 2 N–H and O–H groups in total. The van der Waals surface area contributed by atoms with Crippen LogP contribution in [-0.2, 0) is 14.3 Å². The zero-order valence-corrected chi connectivity index (χ0v) is 9.96. The normalized spacial score (nSPS) is 10.0. The van der Waals surface area contributed by atoms with Crippen LogP contribution in [-0.4, -0.2) is 35.2 Å². The molecule has 0 fully saturated rings. The van der Waals surface area contributed by atoms with Crippen molar-refractivity contribution in [1.29, 1.82) is 0 Å². The van der Waals surface area contributed by atoms with Crippen molar-refractivity contribution in [3.05, 3.63) is 22.3 Å². The number of amides is 1. The van der Waals surface area contributed by atoms with E-state index in [2.05, 4.69) is 15.0 Å². The molecule has 0 aliphatic rings. The number of carboxylic acid groups (broad SMARTS) is 1. The maximum absolute atomic E-state index is 11.3. The van der Waals surface area contributed by atoms with Crippen molar-refractivity contribution in [2.24, 2.45) is 0 Å². The first-order valence-electron chi connectivity index (χ1n) is 4.39. The van der Waals surface area contributed by atoms with Gasteiger partial charge < -0.3 is 15.2 Å². The Morgan fingerprint density at radius 2 is 2.12 bits per heavy atom. The highest BCUT2D eigenvalue weighted by molar-refractivity contribution is 6.36. The number of hydrogen-bond acceptors (Lipinski definition) is 4. The van der Waals surface area contributed by atoms with E-state index in [4.69, 9.17) is 28.3 Å². The van der Waals surface area contributed by atoms with E-state index in [-0.39, 0.29) is 10.8 Å². The highest BCUT2D eigenvalue weighted by Crippen LogP contribution is 2.22. The molecule has 17 heavy (non-hydrogen) atoms. The molecule has 0 aliphatic heterocycles. The summed E-state index contributed by atoms with van der Waals surface area (Å²) in [5.41, 5.74) is 0. The average molecular weight is 279 g/mol. The van der Waals surface area contributed by atoms with E-state index < -0.39 is 25.1 Å². The van der Waals surface area contributed by atoms with Crippen LogP contribution in [0.25, 0.3) is 0 Å². The molecule has 0 saturated carbocycles.